The lowest BCUT2D eigenvalue weighted by molar-refractivity contribution is -0.111. The van der Waals surface area contributed by atoms with Gasteiger partial charge in [0.15, 0.2) is 0 Å². The second kappa shape index (κ2) is 5.07. The van der Waals surface area contributed by atoms with Crippen molar-refractivity contribution in [3.63, 3.8) is 0 Å². The molecule has 1 N–H and O–H groups in total. The minimum absolute atomic E-state index is 0.256. The van der Waals surface area contributed by atoms with E-state index >= 15 is 0 Å². The molecule has 106 valence electrons. The zero-order chi connectivity index (χ0) is 15.0. The van der Waals surface area contributed by atoms with Crippen LogP contribution in [0.5, 0.6) is 0 Å². The zero-order valence-corrected chi connectivity index (χ0v) is 12.4. The summed E-state index contributed by atoms with van der Waals surface area (Å²) >= 11 is 0. The smallest absolute Gasteiger partial charge is 0.399 e. The molecule has 1 heterocycles. The first-order valence-electron chi connectivity index (χ1n) is 6.65. The van der Waals surface area contributed by atoms with E-state index in [0.29, 0.717) is 5.69 Å². The van der Waals surface area contributed by atoms with Crippen LogP contribution in [-0.4, -0.2) is 24.2 Å². The summed E-state index contributed by atoms with van der Waals surface area (Å²) in [7, 11) is -0.499. The van der Waals surface area contributed by atoms with Crippen LogP contribution in [0.2, 0.25) is 0 Å². The SMILES string of the molecule is C=CC(=O)Nc1ccccc1B1OC(C)(C)C(C)(C)O1. The lowest BCUT2D eigenvalue weighted by Crippen LogP contribution is -2.41. The van der Waals surface area contributed by atoms with E-state index in [4.69, 9.17) is 9.31 Å². The molecule has 5 heteroatoms. The number of benzene rings is 1. The fraction of sp³-hybridized carbons (Fsp3) is 0.400. The molecule has 0 unspecified atom stereocenters. The van der Waals surface area contributed by atoms with Crippen LogP contribution in [0.3, 0.4) is 0 Å². The van der Waals surface area contributed by atoms with Crippen LogP contribution < -0.4 is 10.8 Å². The number of para-hydroxylation sites is 1. The van der Waals surface area contributed by atoms with E-state index in [2.05, 4.69) is 11.9 Å². The highest BCUT2D eigenvalue weighted by molar-refractivity contribution is 6.64. The van der Waals surface area contributed by atoms with E-state index < -0.39 is 18.3 Å². The second-order valence-corrected chi connectivity index (χ2v) is 5.87. The maximum Gasteiger partial charge on any atom is 0.496 e. The minimum atomic E-state index is -0.499. The third-order valence-corrected chi connectivity index (χ3v) is 3.91. The molecular weight excluding hydrogens is 253 g/mol. The fourth-order valence-electron chi connectivity index (χ4n) is 1.97. The molecule has 1 amide bonds. The van der Waals surface area contributed by atoms with E-state index in [0.717, 1.165) is 5.46 Å². The third-order valence-electron chi connectivity index (χ3n) is 3.91. The summed E-state index contributed by atoms with van der Waals surface area (Å²) in [5, 5.41) is 2.77. The quantitative estimate of drug-likeness (QED) is 0.677. The van der Waals surface area contributed by atoms with Crippen molar-refractivity contribution in [1.29, 1.82) is 0 Å². The fourth-order valence-corrected chi connectivity index (χ4v) is 1.97. The van der Waals surface area contributed by atoms with Crippen LogP contribution in [0, 0.1) is 0 Å². The summed E-state index contributed by atoms with van der Waals surface area (Å²) in [4.78, 5) is 11.5. The monoisotopic (exact) mass is 273 g/mol. The number of hydrogen-bond donors (Lipinski definition) is 1. The van der Waals surface area contributed by atoms with Gasteiger partial charge in [0.05, 0.1) is 11.2 Å². The van der Waals surface area contributed by atoms with Gasteiger partial charge in [-0.15, -0.1) is 0 Å². The van der Waals surface area contributed by atoms with Crippen molar-refractivity contribution in [1.82, 2.24) is 0 Å². The Kier molecular flexibility index (Phi) is 3.76. The molecule has 1 aromatic carbocycles. The topological polar surface area (TPSA) is 47.6 Å². The Morgan fingerprint density at radius 2 is 1.75 bits per heavy atom. The Hall–Kier alpha value is -1.59. The van der Waals surface area contributed by atoms with Crippen molar-refractivity contribution in [2.75, 3.05) is 5.32 Å². The summed E-state index contributed by atoms with van der Waals surface area (Å²) in [6, 6.07) is 7.46. The maximum absolute atomic E-state index is 11.5. The van der Waals surface area contributed by atoms with Gasteiger partial charge in [0.25, 0.3) is 0 Å². The van der Waals surface area contributed by atoms with Crippen molar-refractivity contribution >= 4 is 24.2 Å². The molecule has 4 nitrogen and oxygen atoms in total. The molecule has 1 aromatic rings. The molecule has 0 atom stereocenters. The summed E-state index contributed by atoms with van der Waals surface area (Å²) in [5.41, 5.74) is 0.665. The van der Waals surface area contributed by atoms with E-state index in [1.165, 1.54) is 6.08 Å². The predicted molar refractivity (Wildman–Crippen MR) is 81.0 cm³/mol. The van der Waals surface area contributed by atoms with Gasteiger partial charge >= 0.3 is 7.12 Å². The first-order chi connectivity index (χ1) is 9.27. The third kappa shape index (κ3) is 2.64. The lowest BCUT2D eigenvalue weighted by Gasteiger charge is -2.32. The molecule has 20 heavy (non-hydrogen) atoms. The predicted octanol–water partition coefficient (Wildman–Crippen LogP) is 2.11. The summed E-state index contributed by atoms with van der Waals surface area (Å²) in [5.74, 6) is -0.256. The van der Waals surface area contributed by atoms with Crippen molar-refractivity contribution in [2.24, 2.45) is 0 Å². The summed E-state index contributed by atoms with van der Waals surface area (Å²) in [6.07, 6.45) is 1.24. The first kappa shape index (κ1) is 14.8. The van der Waals surface area contributed by atoms with Crippen molar-refractivity contribution < 1.29 is 14.1 Å². The number of anilines is 1. The largest absolute Gasteiger partial charge is 0.496 e. The Morgan fingerprint density at radius 1 is 1.20 bits per heavy atom. The van der Waals surface area contributed by atoms with Gasteiger partial charge in [-0.3, -0.25) is 4.79 Å². The Bertz CT molecular complexity index is 524. The van der Waals surface area contributed by atoms with Crippen LogP contribution in [0.4, 0.5) is 5.69 Å². The van der Waals surface area contributed by atoms with Gasteiger partial charge in [-0.05, 0) is 39.8 Å². The molecular formula is C15H20BNO3. The Morgan fingerprint density at radius 3 is 2.30 bits per heavy atom. The molecule has 0 bridgehead atoms. The second-order valence-electron chi connectivity index (χ2n) is 5.87. The average molecular weight is 273 g/mol. The van der Waals surface area contributed by atoms with Gasteiger partial charge in [-0.1, -0.05) is 24.8 Å². The number of hydrogen-bond acceptors (Lipinski definition) is 3. The van der Waals surface area contributed by atoms with Gasteiger partial charge in [-0.25, -0.2) is 0 Å². The van der Waals surface area contributed by atoms with E-state index in [1.54, 1.807) is 0 Å². The summed E-state index contributed by atoms with van der Waals surface area (Å²) < 4.78 is 12.0. The average Bonchev–Trinajstić information content (AvgIpc) is 2.59. The highest BCUT2D eigenvalue weighted by Gasteiger charge is 2.52. The lowest BCUT2D eigenvalue weighted by atomic mass is 9.78. The van der Waals surface area contributed by atoms with Crippen LogP contribution in [0.25, 0.3) is 0 Å². The normalized spacial score (nSPS) is 19.7. The molecule has 1 aliphatic heterocycles. The molecule has 2 rings (SSSR count). The van der Waals surface area contributed by atoms with Gasteiger partial charge in [0, 0.05) is 11.2 Å². The maximum atomic E-state index is 11.5. The number of carbonyl (C=O) groups is 1. The van der Waals surface area contributed by atoms with Gasteiger partial charge in [0.1, 0.15) is 0 Å². The zero-order valence-electron chi connectivity index (χ0n) is 12.4. The van der Waals surface area contributed by atoms with Crippen LogP contribution in [0.1, 0.15) is 27.7 Å². The van der Waals surface area contributed by atoms with Crippen molar-refractivity contribution in [3.05, 3.63) is 36.9 Å². The minimum Gasteiger partial charge on any atom is -0.399 e. The number of carbonyl (C=O) groups excluding carboxylic acids is 1. The highest BCUT2D eigenvalue weighted by Crippen LogP contribution is 2.36. The summed E-state index contributed by atoms with van der Waals surface area (Å²) in [6.45, 7) is 11.4. The number of amides is 1. The van der Waals surface area contributed by atoms with Crippen molar-refractivity contribution in [3.8, 4) is 0 Å². The van der Waals surface area contributed by atoms with E-state index in [-0.39, 0.29) is 5.91 Å². The molecule has 1 aliphatic rings. The Balaban J connectivity index is 2.31. The van der Waals surface area contributed by atoms with Crippen LogP contribution in [0.15, 0.2) is 36.9 Å². The van der Waals surface area contributed by atoms with Gasteiger partial charge in [0.2, 0.25) is 5.91 Å². The Labute approximate surface area is 120 Å². The standard InChI is InChI=1S/C15H20BNO3/c1-6-13(18)17-12-10-8-7-9-11(12)16-19-14(2,3)15(4,5)20-16/h6-10H,1H2,2-5H3,(H,17,18). The molecule has 0 radical (unpaired) electrons. The molecule has 1 fully saturated rings. The number of nitrogens with one attached hydrogen (secondary N) is 1. The van der Waals surface area contributed by atoms with Gasteiger partial charge < -0.3 is 14.6 Å². The molecule has 0 aromatic heterocycles. The van der Waals surface area contributed by atoms with E-state index in [9.17, 15) is 4.79 Å². The molecule has 0 spiro atoms. The first-order valence-corrected chi connectivity index (χ1v) is 6.65. The van der Waals surface area contributed by atoms with E-state index in [1.807, 2.05) is 52.0 Å². The molecule has 1 saturated heterocycles. The van der Waals surface area contributed by atoms with Crippen molar-refractivity contribution in [2.45, 2.75) is 38.9 Å². The molecule has 0 aliphatic carbocycles. The molecule has 0 saturated carbocycles. The van der Waals surface area contributed by atoms with Gasteiger partial charge in [-0.2, -0.15) is 0 Å². The van der Waals surface area contributed by atoms with Crippen LogP contribution >= 0.6 is 0 Å². The number of rotatable bonds is 3. The van der Waals surface area contributed by atoms with Crippen LogP contribution in [-0.2, 0) is 14.1 Å². The highest BCUT2D eigenvalue weighted by atomic mass is 16.7.